The molecule has 0 amide bonds. The standard InChI is InChI=1S/C6H13N5/c1-11-5-9-10-6(11)8-4-2-3-7/h5H,2-4,7H2,1H3,(H,8,10). The largest absolute Gasteiger partial charge is 0.354 e. The van der Waals surface area contributed by atoms with Crippen molar-refractivity contribution in [1.29, 1.82) is 0 Å². The molecule has 0 atom stereocenters. The minimum Gasteiger partial charge on any atom is -0.354 e. The van der Waals surface area contributed by atoms with Gasteiger partial charge in [-0.1, -0.05) is 0 Å². The molecule has 62 valence electrons. The molecule has 5 nitrogen and oxygen atoms in total. The fourth-order valence-electron chi connectivity index (χ4n) is 0.746. The summed E-state index contributed by atoms with van der Waals surface area (Å²) in [5.74, 6) is 0.790. The highest BCUT2D eigenvalue weighted by molar-refractivity contribution is 5.22. The average Bonchev–Trinajstić information content (AvgIpc) is 2.37. The fourth-order valence-corrected chi connectivity index (χ4v) is 0.746. The van der Waals surface area contributed by atoms with E-state index in [1.54, 1.807) is 6.33 Å². The van der Waals surface area contributed by atoms with Crippen LogP contribution in [0.3, 0.4) is 0 Å². The normalized spacial score (nSPS) is 10.0. The van der Waals surface area contributed by atoms with E-state index in [2.05, 4.69) is 15.5 Å². The van der Waals surface area contributed by atoms with Crippen molar-refractivity contribution in [3.05, 3.63) is 6.33 Å². The van der Waals surface area contributed by atoms with Crippen molar-refractivity contribution in [3.63, 3.8) is 0 Å². The van der Waals surface area contributed by atoms with Crippen molar-refractivity contribution in [2.75, 3.05) is 18.4 Å². The van der Waals surface area contributed by atoms with Crippen molar-refractivity contribution in [1.82, 2.24) is 14.8 Å². The first kappa shape index (κ1) is 8.00. The van der Waals surface area contributed by atoms with Crippen molar-refractivity contribution in [3.8, 4) is 0 Å². The van der Waals surface area contributed by atoms with Crippen LogP contribution in [0.4, 0.5) is 5.95 Å². The SMILES string of the molecule is Cn1cnnc1NCCCN. The number of nitrogens with zero attached hydrogens (tertiary/aromatic N) is 3. The molecule has 1 aromatic heterocycles. The van der Waals surface area contributed by atoms with Crippen molar-refractivity contribution in [2.45, 2.75) is 6.42 Å². The summed E-state index contributed by atoms with van der Waals surface area (Å²) in [6.45, 7) is 1.55. The number of aryl methyl sites for hydroxylation is 1. The van der Waals surface area contributed by atoms with Crippen LogP contribution in [0.1, 0.15) is 6.42 Å². The molecule has 11 heavy (non-hydrogen) atoms. The highest BCUT2D eigenvalue weighted by Gasteiger charge is 1.96. The Bertz CT molecular complexity index is 206. The van der Waals surface area contributed by atoms with Crippen LogP contribution < -0.4 is 11.1 Å². The van der Waals surface area contributed by atoms with Crippen LogP contribution in [0, 0.1) is 0 Å². The molecule has 0 fully saturated rings. The van der Waals surface area contributed by atoms with Gasteiger partial charge in [0.05, 0.1) is 0 Å². The molecule has 3 N–H and O–H groups in total. The Hall–Kier alpha value is -1.10. The first-order chi connectivity index (χ1) is 5.34. The molecule has 0 radical (unpaired) electrons. The van der Waals surface area contributed by atoms with Crippen molar-refractivity contribution in [2.24, 2.45) is 12.8 Å². The van der Waals surface area contributed by atoms with Crippen LogP contribution in [0.15, 0.2) is 6.33 Å². The highest BCUT2D eigenvalue weighted by atomic mass is 15.3. The Morgan fingerprint density at radius 2 is 2.55 bits per heavy atom. The Morgan fingerprint density at radius 1 is 1.73 bits per heavy atom. The third-order valence-electron chi connectivity index (χ3n) is 1.38. The van der Waals surface area contributed by atoms with E-state index >= 15 is 0 Å². The predicted octanol–water partition coefficient (Wildman–Crippen LogP) is -0.424. The summed E-state index contributed by atoms with van der Waals surface area (Å²) < 4.78 is 1.83. The number of hydrogen-bond donors (Lipinski definition) is 2. The lowest BCUT2D eigenvalue weighted by Gasteiger charge is -2.02. The maximum Gasteiger partial charge on any atom is 0.224 e. The average molecular weight is 155 g/mol. The Balaban J connectivity index is 2.32. The lowest BCUT2D eigenvalue weighted by molar-refractivity contribution is 0.840. The van der Waals surface area contributed by atoms with E-state index in [4.69, 9.17) is 5.73 Å². The van der Waals surface area contributed by atoms with E-state index in [-0.39, 0.29) is 0 Å². The van der Waals surface area contributed by atoms with Crippen molar-refractivity contribution >= 4 is 5.95 Å². The van der Waals surface area contributed by atoms with Gasteiger partial charge in [-0.25, -0.2) is 0 Å². The summed E-state index contributed by atoms with van der Waals surface area (Å²) in [4.78, 5) is 0. The second-order valence-corrected chi connectivity index (χ2v) is 2.33. The quantitative estimate of drug-likeness (QED) is 0.579. The van der Waals surface area contributed by atoms with Crippen molar-refractivity contribution < 1.29 is 0 Å². The second-order valence-electron chi connectivity index (χ2n) is 2.33. The summed E-state index contributed by atoms with van der Waals surface area (Å²) in [6.07, 6.45) is 2.61. The molecular formula is C6H13N5. The van der Waals surface area contributed by atoms with E-state index in [1.807, 2.05) is 11.6 Å². The Labute approximate surface area is 65.6 Å². The van der Waals surface area contributed by atoms with Gasteiger partial charge in [-0.05, 0) is 13.0 Å². The zero-order valence-corrected chi connectivity index (χ0v) is 6.62. The number of hydrogen-bond acceptors (Lipinski definition) is 4. The van der Waals surface area contributed by atoms with Gasteiger partial charge in [0.25, 0.3) is 0 Å². The van der Waals surface area contributed by atoms with E-state index in [9.17, 15) is 0 Å². The number of aromatic nitrogens is 3. The minimum atomic E-state index is 0.699. The summed E-state index contributed by atoms with van der Waals surface area (Å²) >= 11 is 0. The number of nitrogens with one attached hydrogen (secondary N) is 1. The lowest BCUT2D eigenvalue weighted by Crippen LogP contribution is -2.10. The molecular weight excluding hydrogens is 142 g/mol. The van der Waals surface area contributed by atoms with E-state index in [0.717, 1.165) is 18.9 Å². The molecule has 5 heteroatoms. The van der Waals surface area contributed by atoms with Gasteiger partial charge in [0.15, 0.2) is 0 Å². The second kappa shape index (κ2) is 3.92. The molecule has 0 saturated carbocycles. The van der Waals surface area contributed by atoms with Crippen LogP contribution >= 0.6 is 0 Å². The zero-order chi connectivity index (χ0) is 8.10. The van der Waals surface area contributed by atoms with Gasteiger partial charge in [0.1, 0.15) is 6.33 Å². The van der Waals surface area contributed by atoms with Gasteiger partial charge in [-0.2, -0.15) is 0 Å². The molecule has 0 unspecified atom stereocenters. The van der Waals surface area contributed by atoms with Gasteiger partial charge in [-0.15, -0.1) is 10.2 Å². The number of rotatable bonds is 4. The smallest absolute Gasteiger partial charge is 0.224 e. The molecule has 0 saturated heterocycles. The van der Waals surface area contributed by atoms with Crippen LogP contribution in [0.5, 0.6) is 0 Å². The van der Waals surface area contributed by atoms with Crippen LogP contribution in [0.2, 0.25) is 0 Å². The molecule has 1 heterocycles. The summed E-state index contributed by atoms with van der Waals surface area (Å²) in [5.41, 5.74) is 5.32. The van der Waals surface area contributed by atoms with Gasteiger partial charge < -0.3 is 15.6 Å². The summed E-state index contributed by atoms with van der Waals surface area (Å²) in [5, 5.41) is 10.7. The number of nitrogens with two attached hydrogens (primary N) is 1. The Kier molecular flexibility index (Phi) is 2.85. The molecule has 1 rings (SSSR count). The zero-order valence-electron chi connectivity index (χ0n) is 6.62. The monoisotopic (exact) mass is 155 g/mol. The van der Waals surface area contributed by atoms with Crippen LogP contribution in [-0.2, 0) is 7.05 Å². The topological polar surface area (TPSA) is 68.8 Å². The molecule has 0 aromatic carbocycles. The molecule has 1 aromatic rings. The summed E-state index contributed by atoms with van der Waals surface area (Å²) in [7, 11) is 1.89. The fraction of sp³-hybridized carbons (Fsp3) is 0.667. The maximum absolute atomic E-state index is 5.32. The van der Waals surface area contributed by atoms with E-state index < -0.39 is 0 Å². The van der Waals surface area contributed by atoms with Crippen LogP contribution in [0.25, 0.3) is 0 Å². The number of anilines is 1. The lowest BCUT2D eigenvalue weighted by atomic mass is 10.4. The van der Waals surface area contributed by atoms with Gasteiger partial charge in [-0.3, -0.25) is 0 Å². The maximum atomic E-state index is 5.32. The first-order valence-electron chi connectivity index (χ1n) is 3.62. The minimum absolute atomic E-state index is 0.699. The highest BCUT2D eigenvalue weighted by Crippen LogP contribution is 1.96. The molecule has 0 aliphatic rings. The van der Waals surface area contributed by atoms with E-state index in [1.165, 1.54) is 0 Å². The van der Waals surface area contributed by atoms with Gasteiger partial charge in [0, 0.05) is 13.6 Å². The van der Waals surface area contributed by atoms with Gasteiger partial charge >= 0.3 is 0 Å². The third kappa shape index (κ3) is 2.19. The third-order valence-corrected chi connectivity index (χ3v) is 1.38. The summed E-state index contributed by atoms with van der Waals surface area (Å²) in [6, 6.07) is 0. The first-order valence-corrected chi connectivity index (χ1v) is 3.62. The molecule has 0 aliphatic carbocycles. The van der Waals surface area contributed by atoms with Crippen LogP contribution in [-0.4, -0.2) is 27.9 Å². The predicted molar refractivity (Wildman–Crippen MR) is 43.2 cm³/mol. The molecule has 0 aliphatic heterocycles. The van der Waals surface area contributed by atoms with Gasteiger partial charge in [0.2, 0.25) is 5.95 Å². The van der Waals surface area contributed by atoms with E-state index in [0.29, 0.717) is 6.54 Å². The molecule has 0 spiro atoms. The Morgan fingerprint density at radius 3 is 3.09 bits per heavy atom. The molecule has 0 bridgehead atoms.